The summed E-state index contributed by atoms with van der Waals surface area (Å²) >= 11 is 6.53. The van der Waals surface area contributed by atoms with E-state index in [2.05, 4.69) is 4.98 Å². The van der Waals surface area contributed by atoms with Crippen molar-refractivity contribution in [1.82, 2.24) is 4.98 Å². The van der Waals surface area contributed by atoms with Crippen LogP contribution in [-0.2, 0) is 6.61 Å². The van der Waals surface area contributed by atoms with E-state index in [4.69, 9.17) is 27.4 Å². The van der Waals surface area contributed by atoms with Gasteiger partial charge in [0, 0.05) is 10.9 Å². The third-order valence-electron chi connectivity index (χ3n) is 2.49. The van der Waals surface area contributed by atoms with Crippen molar-refractivity contribution in [1.29, 1.82) is 0 Å². The number of nitrogens with two attached hydrogens (primary N) is 1. The zero-order valence-electron chi connectivity index (χ0n) is 10.7. The molecule has 0 bridgehead atoms. The Morgan fingerprint density at radius 2 is 2.21 bits per heavy atom. The number of benzene rings is 1. The lowest BCUT2D eigenvalue weighted by molar-refractivity contribution is 0.281. The van der Waals surface area contributed by atoms with Gasteiger partial charge in [-0.2, -0.15) is 0 Å². The smallest absolute Gasteiger partial charge is 0.161 e. The normalized spacial score (nSPS) is 10.2. The van der Waals surface area contributed by atoms with Gasteiger partial charge in [-0.1, -0.05) is 12.2 Å². The third-order valence-corrected chi connectivity index (χ3v) is 3.55. The van der Waals surface area contributed by atoms with Crippen molar-refractivity contribution in [3.8, 4) is 11.5 Å². The molecule has 0 unspecified atom stereocenters. The second-order valence-electron chi connectivity index (χ2n) is 3.88. The molecule has 6 heteroatoms. The van der Waals surface area contributed by atoms with Gasteiger partial charge in [-0.15, -0.1) is 11.3 Å². The first-order chi connectivity index (χ1) is 9.10. The van der Waals surface area contributed by atoms with Crippen LogP contribution in [0.15, 0.2) is 23.6 Å². The molecule has 4 nitrogen and oxygen atoms in total. The molecule has 0 radical (unpaired) electrons. The van der Waals surface area contributed by atoms with Crippen LogP contribution in [0.2, 0.25) is 0 Å². The van der Waals surface area contributed by atoms with Gasteiger partial charge in [-0.25, -0.2) is 4.98 Å². The molecular weight excluding hydrogens is 280 g/mol. The maximum Gasteiger partial charge on any atom is 0.161 e. The van der Waals surface area contributed by atoms with Gasteiger partial charge in [0.1, 0.15) is 11.6 Å². The van der Waals surface area contributed by atoms with E-state index in [-0.39, 0.29) is 0 Å². The zero-order valence-corrected chi connectivity index (χ0v) is 12.3. The zero-order chi connectivity index (χ0) is 13.8. The van der Waals surface area contributed by atoms with Gasteiger partial charge in [0.2, 0.25) is 0 Å². The molecule has 2 N–H and O–H groups in total. The van der Waals surface area contributed by atoms with E-state index >= 15 is 0 Å². The van der Waals surface area contributed by atoms with Crippen LogP contribution >= 0.6 is 23.6 Å². The van der Waals surface area contributed by atoms with Gasteiger partial charge in [0.25, 0.3) is 0 Å². The van der Waals surface area contributed by atoms with Gasteiger partial charge >= 0.3 is 0 Å². The quantitative estimate of drug-likeness (QED) is 0.859. The first-order valence-electron chi connectivity index (χ1n) is 5.62. The highest BCUT2D eigenvalue weighted by Gasteiger charge is 2.08. The Kier molecular flexibility index (Phi) is 4.34. The summed E-state index contributed by atoms with van der Waals surface area (Å²) in [7, 11) is 1.58. The fraction of sp³-hybridized carbons (Fsp3) is 0.231. The molecule has 2 rings (SSSR count). The highest BCUT2D eigenvalue weighted by Crippen LogP contribution is 2.28. The van der Waals surface area contributed by atoms with E-state index in [0.717, 1.165) is 16.3 Å². The van der Waals surface area contributed by atoms with Crippen molar-refractivity contribution in [2.45, 2.75) is 13.5 Å². The number of ether oxygens (including phenoxy) is 2. The minimum Gasteiger partial charge on any atom is -0.493 e. The van der Waals surface area contributed by atoms with Crippen LogP contribution in [0, 0.1) is 6.92 Å². The molecule has 1 aromatic heterocycles. The molecule has 0 amide bonds. The summed E-state index contributed by atoms with van der Waals surface area (Å²) < 4.78 is 11.0. The molecule has 0 atom stereocenters. The maximum atomic E-state index is 5.70. The molecule has 0 fully saturated rings. The molecular formula is C13H14N2O2S2. The third kappa shape index (κ3) is 3.42. The van der Waals surface area contributed by atoms with Gasteiger partial charge < -0.3 is 15.2 Å². The number of methoxy groups -OCH3 is 1. The van der Waals surface area contributed by atoms with Crippen molar-refractivity contribution in [3.05, 3.63) is 39.8 Å². The lowest BCUT2D eigenvalue weighted by Crippen LogP contribution is -2.09. The summed E-state index contributed by atoms with van der Waals surface area (Å²) in [4.78, 5) is 4.67. The van der Waals surface area contributed by atoms with Crippen molar-refractivity contribution < 1.29 is 9.47 Å². The van der Waals surface area contributed by atoms with E-state index in [1.807, 2.05) is 18.4 Å². The number of aromatic nitrogens is 1. The summed E-state index contributed by atoms with van der Waals surface area (Å²) in [5, 5.41) is 3.00. The van der Waals surface area contributed by atoms with Crippen LogP contribution in [0.4, 0.5) is 0 Å². The molecule has 2 aromatic rings. The highest BCUT2D eigenvalue weighted by molar-refractivity contribution is 7.80. The second-order valence-corrected chi connectivity index (χ2v) is 5.38. The van der Waals surface area contributed by atoms with Crippen molar-refractivity contribution in [3.63, 3.8) is 0 Å². The Morgan fingerprint density at radius 3 is 2.79 bits per heavy atom. The molecule has 0 aliphatic rings. The lowest BCUT2D eigenvalue weighted by Gasteiger charge is -2.11. The van der Waals surface area contributed by atoms with Gasteiger partial charge in [-0.3, -0.25) is 0 Å². The summed E-state index contributed by atoms with van der Waals surface area (Å²) in [6.07, 6.45) is 0. The number of rotatable bonds is 5. The molecule has 0 saturated carbocycles. The Morgan fingerprint density at radius 1 is 1.42 bits per heavy atom. The highest BCUT2D eigenvalue weighted by atomic mass is 32.1. The first-order valence-corrected chi connectivity index (χ1v) is 6.90. The Bertz CT molecular complexity index is 596. The summed E-state index contributed by atoms with van der Waals surface area (Å²) in [5.41, 5.74) is 7.24. The standard InChI is InChI=1S/C13H14N2O2S2/c1-8-15-10(7-19-8)6-17-11-4-3-9(13(14)18)5-12(11)16-2/h3-5,7H,6H2,1-2H3,(H2,14,18). The second kappa shape index (κ2) is 5.99. The fourth-order valence-corrected chi connectivity index (χ4v) is 2.29. The Labute approximate surface area is 121 Å². The van der Waals surface area contributed by atoms with Crippen LogP contribution in [0.25, 0.3) is 0 Å². The number of thiazole rings is 1. The van der Waals surface area contributed by atoms with Crippen LogP contribution in [0.5, 0.6) is 11.5 Å². The van der Waals surface area contributed by atoms with E-state index in [9.17, 15) is 0 Å². The lowest BCUT2D eigenvalue weighted by atomic mass is 10.2. The van der Waals surface area contributed by atoms with Crippen LogP contribution in [0.3, 0.4) is 0 Å². The average molecular weight is 294 g/mol. The molecule has 0 aliphatic heterocycles. The van der Waals surface area contributed by atoms with E-state index in [0.29, 0.717) is 23.1 Å². The van der Waals surface area contributed by atoms with Crippen molar-refractivity contribution in [2.24, 2.45) is 5.73 Å². The van der Waals surface area contributed by atoms with Crippen molar-refractivity contribution >= 4 is 28.5 Å². The number of hydrogen-bond acceptors (Lipinski definition) is 5. The van der Waals surface area contributed by atoms with Gasteiger partial charge in [0.05, 0.1) is 17.8 Å². The van der Waals surface area contributed by atoms with E-state index in [1.165, 1.54) is 0 Å². The molecule has 0 aliphatic carbocycles. The predicted molar refractivity (Wildman–Crippen MR) is 80.1 cm³/mol. The molecule has 0 saturated heterocycles. The van der Waals surface area contributed by atoms with Crippen LogP contribution in [-0.4, -0.2) is 17.1 Å². The minimum atomic E-state index is 0.333. The molecule has 100 valence electrons. The first kappa shape index (κ1) is 13.8. The van der Waals surface area contributed by atoms with E-state index < -0.39 is 0 Å². The minimum absolute atomic E-state index is 0.333. The topological polar surface area (TPSA) is 57.4 Å². The average Bonchev–Trinajstić information content (AvgIpc) is 2.81. The molecule has 1 heterocycles. The number of nitrogens with zero attached hydrogens (tertiary/aromatic N) is 1. The summed E-state index contributed by atoms with van der Waals surface area (Å²) in [6.45, 7) is 2.37. The largest absolute Gasteiger partial charge is 0.493 e. The van der Waals surface area contributed by atoms with Crippen molar-refractivity contribution in [2.75, 3.05) is 7.11 Å². The molecule has 0 spiro atoms. The number of thiocarbonyl (C=S) groups is 1. The summed E-state index contributed by atoms with van der Waals surface area (Å²) in [6, 6.07) is 5.38. The monoisotopic (exact) mass is 294 g/mol. The van der Waals surface area contributed by atoms with E-state index in [1.54, 1.807) is 30.6 Å². The number of aryl methyl sites for hydroxylation is 1. The predicted octanol–water partition coefficient (Wildman–Crippen LogP) is 2.67. The molecule has 1 aromatic carbocycles. The van der Waals surface area contributed by atoms with Crippen LogP contribution < -0.4 is 15.2 Å². The molecule has 19 heavy (non-hydrogen) atoms. The van der Waals surface area contributed by atoms with Crippen LogP contribution in [0.1, 0.15) is 16.3 Å². The number of hydrogen-bond donors (Lipinski definition) is 1. The Balaban J connectivity index is 2.13. The van der Waals surface area contributed by atoms with Gasteiger partial charge in [0.15, 0.2) is 11.5 Å². The SMILES string of the molecule is COc1cc(C(N)=S)ccc1OCc1csc(C)n1. The fourth-order valence-electron chi connectivity index (χ4n) is 1.57. The maximum absolute atomic E-state index is 5.70. The Hall–Kier alpha value is -1.66. The summed E-state index contributed by atoms with van der Waals surface area (Å²) in [5.74, 6) is 1.26. The van der Waals surface area contributed by atoms with Gasteiger partial charge in [-0.05, 0) is 25.1 Å².